The van der Waals surface area contributed by atoms with Gasteiger partial charge in [-0.2, -0.15) is 0 Å². The normalized spacial score (nSPS) is 32.5. The first kappa shape index (κ1) is 17.6. The van der Waals surface area contributed by atoms with Crippen molar-refractivity contribution in [1.82, 2.24) is 10.2 Å². The van der Waals surface area contributed by atoms with Crippen LogP contribution in [0.5, 0.6) is 0 Å². The summed E-state index contributed by atoms with van der Waals surface area (Å²) in [6, 6.07) is 4.64. The molecule has 1 aromatic heterocycles. The summed E-state index contributed by atoms with van der Waals surface area (Å²) in [5, 5.41) is 3.91. The van der Waals surface area contributed by atoms with E-state index >= 15 is 0 Å². The number of fused-ring (bicyclic) bond motifs is 2. The van der Waals surface area contributed by atoms with Crippen LogP contribution >= 0.6 is 0 Å². The Kier molecular flexibility index (Phi) is 4.89. The molecular formula is C22H33N3O2. The van der Waals surface area contributed by atoms with E-state index in [0.29, 0.717) is 11.5 Å². The molecule has 3 heterocycles. The Hall–Kier alpha value is -1.49. The lowest BCUT2D eigenvalue weighted by molar-refractivity contribution is 0.0217. The number of guanidine groups is 1. The number of furan rings is 1. The molecule has 0 amide bonds. The van der Waals surface area contributed by atoms with Crippen molar-refractivity contribution in [2.24, 2.45) is 22.2 Å². The smallest absolute Gasteiger partial charge is 0.194 e. The average Bonchev–Trinajstić information content (AvgIpc) is 3.47. The van der Waals surface area contributed by atoms with Gasteiger partial charge in [0.2, 0.25) is 0 Å². The van der Waals surface area contributed by atoms with E-state index in [0.717, 1.165) is 62.8 Å². The van der Waals surface area contributed by atoms with Crippen molar-refractivity contribution < 1.29 is 9.15 Å². The highest BCUT2D eigenvalue weighted by Gasteiger charge is 2.43. The highest BCUT2D eigenvalue weighted by molar-refractivity contribution is 5.80. The molecule has 1 N–H and O–H groups in total. The zero-order chi connectivity index (χ0) is 18.1. The van der Waals surface area contributed by atoms with Gasteiger partial charge < -0.3 is 19.4 Å². The van der Waals surface area contributed by atoms with Gasteiger partial charge in [0.15, 0.2) is 5.96 Å². The van der Waals surface area contributed by atoms with E-state index in [4.69, 9.17) is 14.1 Å². The standard InChI is InChI=1S/C22H33N3O2/c1-2-19(27-11-1)5-9-23-21(24-20-15-17-3-4-18(20)14-17)25-10-6-22(16-25)7-12-26-13-8-22/h1-2,11,17-18,20H,3-10,12-16H2,(H,23,24). The lowest BCUT2D eigenvalue weighted by atomic mass is 9.80. The molecule has 148 valence electrons. The molecule has 4 fully saturated rings. The molecule has 2 aliphatic carbocycles. The molecule has 4 aliphatic rings. The van der Waals surface area contributed by atoms with Crippen LogP contribution in [0.3, 0.4) is 0 Å². The second-order valence-corrected chi connectivity index (χ2v) is 9.24. The fourth-order valence-electron chi connectivity index (χ4n) is 5.88. The van der Waals surface area contributed by atoms with Crippen LogP contribution in [-0.4, -0.2) is 49.7 Å². The Morgan fingerprint density at radius 2 is 2.15 bits per heavy atom. The maximum absolute atomic E-state index is 5.62. The largest absolute Gasteiger partial charge is 0.469 e. The molecule has 0 aromatic carbocycles. The second-order valence-electron chi connectivity index (χ2n) is 9.24. The fraction of sp³-hybridized carbons (Fsp3) is 0.773. The van der Waals surface area contributed by atoms with Crippen molar-refractivity contribution in [3.05, 3.63) is 24.2 Å². The van der Waals surface area contributed by atoms with Crippen molar-refractivity contribution in [2.45, 2.75) is 57.4 Å². The zero-order valence-corrected chi connectivity index (χ0v) is 16.4. The summed E-state index contributed by atoms with van der Waals surface area (Å²) in [5.74, 6) is 4.00. The highest BCUT2D eigenvalue weighted by Crippen LogP contribution is 2.45. The fourth-order valence-corrected chi connectivity index (χ4v) is 5.88. The van der Waals surface area contributed by atoms with E-state index in [1.807, 2.05) is 12.1 Å². The minimum absolute atomic E-state index is 0.455. The van der Waals surface area contributed by atoms with Gasteiger partial charge in [-0.1, -0.05) is 6.42 Å². The summed E-state index contributed by atoms with van der Waals surface area (Å²) in [6.07, 6.45) is 11.9. The summed E-state index contributed by atoms with van der Waals surface area (Å²) in [4.78, 5) is 7.59. The van der Waals surface area contributed by atoms with Crippen LogP contribution in [0, 0.1) is 17.3 Å². The third kappa shape index (κ3) is 3.75. The molecule has 2 saturated carbocycles. The predicted octanol–water partition coefficient (Wildman–Crippen LogP) is 3.46. The molecule has 3 atom stereocenters. The molecule has 5 rings (SSSR count). The Bertz CT molecular complexity index is 651. The van der Waals surface area contributed by atoms with E-state index in [1.54, 1.807) is 6.26 Å². The summed E-state index contributed by atoms with van der Waals surface area (Å²) >= 11 is 0. The molecule has 2 bridgehead atoms. The second kappa shape index (κ2) is 7.50. The van der Waals surface area contributed by atoms with Crippen LogP contribution in [0.2, 0.25) is 0 Å². The van der Waals surface area contributed by atoms with Gasteiger partial charge in [-0.15, -0.1) is 0 Å². The molecule has 5 nitrogen and oxygen atoms in total. The molecule has 0 radical (unpaired) electrons. The summed E-state index contributed by atoms with van der Waals surface area (Å²) in [7, 11) is 0. The van der Waals surface area contributed by atoms with Crippen LogP contribution < -0.4 is 5.32 Å². The van der Waals surface area contributed by atoms with Crippen LogP contribution in [0.4, 0.5) is 0 Å². The third-order valence-electron chi connectivity index (χ3n) is 7.54. The maximum atomic E-state index is 5.62. The van der Waals surface area contributed by atoms with E-state index in [1.165, 1.54) is 44.9 Å². The number of hydrogen-bond donors (Lipinski definition) is 1. The van der Waals surface area contributed by atoms with Crippen LogP contribution in [0.25, 0.3) is 0 Å². The van der Waals surface area contributed by atoms with E-state index < -0.39 is 0 Å². The molecular weight excluding hydrogens is 338 g/mol. The molecule has 5 heteroatoms. The maximum Gasteiger partial charge on any atom is 0.194 e. The van der Waals surface area contributed by atoms with Crippen molar-refractivity contribution in [2.75, 3.05) is 32.8 Å². The topological polar surface area (TPSA) is 50.0 Å². The molecule has 3 unspecified atom stereocenters. The molecule has 2 aliphatic heterocycles. The number of likely N-dealkylation sites (tertiary alicyclic amines) is 1. The van der Waals surface area contributed by atoms with Crippen molar-refractivity contribution in [3.8, 4) is 0 Å². The van der Waals surface area contributed by atoms with Gasteiger partial charge in [-0.05, 0) is 67.9 Å². The van der Waals surface area contributed by atoms with Crippen molar-refractivity contribution in [3.63, 3.8) is 0 Å². The molecule has 2 saturated heterocycles. The SMILES string of the molecule is c1coc(CCN=C(NC2CC3CCC2C3)N2CCC3(CCOCC3)C2)c1. The Morgan fingerprint density at radius 1 is 1.22 bits per heavy atom. The van der Waals surface area contributed by atoms with Gasteiger partial charge in [0.1, 0.15) is 5.76 Å². The Balaban J connectivity index is 1.27. The monoisotopic (exact) mass is 371 g/mol. The predicted molar refractivity (Wildman–Crippen MR) is 106 cm³/mol. The molecule has 1 aromatic rings. The van der Waals surface area contributed by atoms with Crippen LogP contribution in [0.15, 0.2) is 27.8 Å². The zero-order valence-electron chi connectivity index (χ0n) is 16.4. The Labute approximate surface area is 162 Å². The van der Waals surface area contributed by atoms with Gasteiger partial charge in [0.05, 0.1) is 6.26 Å². The summed E-state index contributed by atoms with van der Waals surface area (Å²) in [6.45, 7) is 4.93. The van der Waals surface area contributed by atoms with E-state index in [2.05, 4.69) is 10.2 Å². The lowest BCUT2D eigenvalue weighted by Crippen LogP contribution is -2.48. The van der Waals surface area contributed by atoms with Crippen LogP contribution in [0.1, 0.15) is 50.7 Å². The number of nitrogens with one attached hydrogen (secondary N) is 1. The number of rotatable bonds is 4. The van der Waals surface area contributed by atoms with Gasteiger partial charge in [0, 0.05) is 45.3 Å². The first-order chi connectivity index (χ1) is 13.3. The molecule has 27 heavy (non-hydrogen) atoms. The first-order valence-corrected chi connectivity index (χ1v) is 11.0. The minimum Gasteiger partial charge on any atom is -0.469 e. The Morgan fingerprint density at radius 3 is 2.89 bits per heavy atom. The minimum atomic E-state index is 0.455. The van der Waals surface area contributed by atoms with E-state index in [9.17, 15) is 0 Å². The highest BCUT2D eigenvalue weighted by atomic mass is 16.5. The van der Waals surface area contributed by atoms with Crippen LogP contribution in [-0.2, 0) is 11.2 Å². The number of hydrogen-bond acceptors (Lipinski definition) is 3. The lowest BCUT2D eigenvalue weighted by Gasteiger charge is -2.34. The van der Waals surface area contributed by atoms with Crippen molar-refractivity contribution >= 4 is 5.96 Å². The average molecular weight is 372 g/mol. The number of nitrogens with zero attached hydrogens (tertiary/aromatic N) is 2. The van der Waals surface area contributed by atoms with Gasteiger partial charge in [0.25, 0.3) is 0 Å². The quantitative estimate of drug-likeness (QED) is 0.650. The summed E-state index contributed by atoms with van der Waals surface area (Å²) in [5.41, 5.74) is 0.455. The van der Waals surface area contributed by atoms with Gasteiger partial charge in [-0.3, -0.25) is 4.99 Å². The number of ether oxygens (including phenoxy) is 1. The van der Waals surface area contributed by atoms with E-state index in [-0.39, 0.29) is 0 Å². The summed E-state index contributed by atoms with van der Waals surface area (Å²) < 4.78 is 11.1. The van der Waals surface area contributed by atoms with Gasteiger partial charge in [-0.25, -0.2) is 0 Å². The third-order valence-corrected chi connectivity index (χ3v) is 7.54. The van der Waals surface area contributed by atoms with Gasteiger partial charge >= 0.3 is 0 Å². The number of aliphatic imine (C=N–C) groups is 1. The first-order valence-electron chi connectivity index (χ1n) is 11.0. The van der Waals surface area contributed by atoms with Crippen molar-refractivity contribution in [1.29, 1.82) is 0 Å². The molecule has 1 spiro atoms.